The number of nitrogens with one attached hydrogen (secondary N) is 1. The topological polar surface area (TPSA) is 61.9 Å². The quantitative estimate of drug-likeness (QED) is 0.829. The number of piperidine rings is 1. The van der Waals surface area contributed by atoms with Crippen LogP contribution < -0.4 is 10.1 Å². The lowest BCUT2D eigenvalue weighted by atomic mass is 9.98. The summed E-state index contributed by atoms with van der Waals surface area (Å²) in [6.07, 6.45) is 2.37. The molecule has 2 saturated heterocycles. The molecule has 2 amide bonds. The second kappa shape index (κ2) is 9.22. The molecule has 1 N–H and O–H groups in total. The zero-order valence-corrected chi connectivity index (χ0v) is 16.4. The maximum Gasteiger partial charge on any atom is 0.237 e. The minimum Gasteiger partial charge on any atom is -0.494 e. The van der Waals surface area contributed by atoms with Crippen molar-refractivity contribution in [1.29, 1.82) is 0 Å². The van der Waals surface area contributed by atoms with E-state index in [1.807, 2.05) is 36.1 Å². The molecule has 2 aliphatic heterocycles. The molecule has 1 aromatic carbocycles. The van der Waals surface area contributed by atoms with Gasteiger partial charge in [-0.3, -0.25) is 14.5 Å². The number of carbonyl (C=O) groups is 2. The van der Waals surface area contributed by atoms with Gasteiger partial charge in [0.05, 0.1) is 19.1 Å². The van der Waals surface area contributed by atoms with E-state index in [2.05, 4.69) is 17.1 Å². The molecule has 1 unspecified atom stereocenters. The lowest BCUT2D eigenvalue weighted by Crippen LogP contribution is -2.56. The number of benzene rings is 1. The van der Waals surface area contributed by atoms with E-state index in [1.54, 1.807) is 0 Å². The van der Waals surface area contributed by atoms with Crippen molar-refractivity contribution in [2.45, 2.75) is 45.7 Å². The molecule has 27 heavy (non-hydrogen) atoms. The van der Waals surface area contributed by atoms with Crippen LogP contribution in [0, 0.1) is 5.92 Å². The summed E-state index contributed by atoms with van der Waals surface area (Å²) < 4.78 is 5.49. The van der Waals surface area contributed by atoms with Gasteiger partial charge in [-0.05, 0) is 43.4 Å². The molecule has 0 bridgehead atoms. The van der Waals surface area contributed by atoms with Crippen LogP contribution in [0.4, 0.5) is 0 Å². The first-order valence-electron chi connectivity index (χ1n) is 10.1. The van der Waals surface area contributed by atoms with E-state index in [0.29, 0.717) is 25.6 Å². The van der Waals surface area contributed by atoms with Gasteiger partial charge in [-0.1, -0.05) is 19.1 Å². The number of likely N-dealkylation sites (tertiary alicyclic amines) is 1. The molecule has 1 aromatic rings. The van der Waals surface area contributed by atoms with Gasteiger partial charge in [0, 0.05) is 32.7 Å². The summed E-state index contributed by atoms with van der Waals surface area (Å²) in [4.78, 5) is 29.2. The van der Waals surface area contributed by atoms with Crippen LogP contribution in [0.1, 0.15) is 38.7 Å². The Morgan fingerprint density at radius 1 is 1.19 bits per heavy atom. The molecule has 3 rings (SSSR count). The molecule has 2 heterocycles. The summed E-state index contributed by atoms with van der Waals surface area (Å²) >= 11 is 0. The molecule has 0 aliphatic carbocycles. The minimum absolute atomic E-state index is 0.0362. The third-order valence-corrected chi connectivity index (χ3v) is 5.57. The number of nitrogens with zero attached hydrogens (tertiary/aromatic N) is 2. The zero-order valence-electron chi connectivity index (χ0n) is 16.4. The van der Waals surface area contributed by atoms with Gasteiger partial charge in [0.15, 0.2) is 0 Å². The molecule has 6 heteroatoms. The van der Waals surface area contributed by atoms with Crippen molar-refractivity contribution in [2.75, 3.05) is 32.8 Å². The number of rotatable bonds is 6. The Hall–Kier alpha value is -2.08. The van der Waals surface area contributed by atoms with Gasteiger partial charge in [0.1, 0.15) is 5.75 Å². The number of carbonyl (C=O) groups excluding carboxylic acids is 2. The Morgan fingerprint density at radius 3 is 2.56 bits per heavy atom. The standard InChI is InChI=1S/C21H31N3O3/c1-3-27-18-6-4-17(5-7-18)15-24-13-10-22-21(26)19(24)14-20(25)23-11-8-16(2)9-12-23/h4-7,16,19H,3,8-15H2,1-2H3,(H,22,26). The lowest BCUT2D eigenvalue weighted by Gasteiger charge is -2.37. The molecule has 2 fully saturated rings. The van der Waals surface area contributed by atoms with Crippen molar-refractivity contribution in [3.05, 3.63) is 29.8 Å². The van der Waals surface area contributed by atoms with E-state index >= 15 is 0 Å². The highest BCUT2D eigenvalue weighted by atomic mass is 16.5. The number of hydrogen-bond donors (Lipinski definition) is 1. The summed E-state index contributed by atoms with van der Waals surface area (Å²) in [6, 6.07) is 7.58. The molecular weight excluding hydrogens is 342 g/mol. The van der Waals surface area contributed by atoms with E-state index in [-0.39, 0.29) is 18.2 Å². The Morgan fingerprint density at radius 2 is 1.89 bits per heavy atom. The Balaban J connectivity index is 1.62. The molecule has 0 aromatic heterocycles. The van der Waals surface area contributed by atoms with Crippen LogP contribution in [-0.2, 0) is 16.1 Å². The van der Waals surface area contributed by atoms with Crippen molar-refractivity contribution in [2.24, 2.45) is 5.92 Å². The summed E-state index contributed by atoms with van der Waals surface area (Å²) in [6.45, 7) is 8.51. The van der Waals surface area contributed by atoms with Gasteiger partial charge in [-0.2, -0.15) is 0 Å². The van der Waals surface area contributed by atoms with E-state index in [1.165, 1.54) is 0 Å². The predicted molar refractivity (Wildman–Crippen MR) is 104 cm³/mol. The van der Waals surface area contributed by atoms with Gasteiger partial charge in [-0.25, -0.2) is 0 Å². The number of ether oxygens (including phenoxy) is 1. The maximum atomic E-state index is 12.7. The first-order chi connectivity index (χ1) is 13.1. The fraction of sp³-hybridized carbons (Fsp3) is 0.619. The van der Waals surface area contributed by atoms with E-state index in [9.17, 15) is 9.59 Å². The number of hydrogen-bond acceptors (Lipinski definition) is 4. The first-order valence-corrected chi connectivity index (χ1v) is 10.1. The SMILES string of the molecule is CCOc1ccc(CN2CCNC(=O)C2CC(=O)N2CCC(C)CC2)cc1. The second-order valence-corrected chi connectivity index (χ2v) is 7.62. The van der Waals surface area contributed by atoms with Crippen LogP contribution in [0.15, 0.2) is 24.3 Å². The average molecular weight is 373 g/mol. The van der Waals surface area contributed by atoms with Crippen LogP contribution in [0.2, 0.25) is 0 Å². The molecule has 6 nitrogen and oxygen atoms in total. The highest BCUT2D eigenvalue weighted by molar-refractivity contribution is 5.88. The van der Waals surface area contributed by atoms with Gasteiger partial charge in [0.25, 0.3) is 0 Å². The van der Waals surface area contributed by atoms with Crippen molar-refractivity contribution < 1.29 is 14.3 Å². The van der Waals surface area contributed by atoms with Gasteiger partial charge in [0.2, 0.25) is 11.8 Å². The Bertz CT molecular complexity index is 639. The van der Waals surface area contributed by atoms with Crippen molar-refractivity contribution >= 4 is 11.8 Å². The highest BCUT2D eigenvalue weighted by Gasteiger charge is 2.33. The van der Waals surface area contributed by atoms with Crippen molar-refractivity contribution in [3.8, 4) is 5.75 Å². The largest absolute Gasteiger partial charge is 0.494 e. The molecule has 1 atom stereocenters. The predicted octanol–water partition coefficient (Wildman–Crippen LogP) is 2.03. The molecule has 2 aliphatic rings. The second-order valence-electron chi connectivity index (χ2n) is 7.62. The number of piperazine rings is 1. The smallest absolute Gasteiger partial charge is 0.237 e. The van der Waals surface area contributed by atoms with Crippen molar-refractivity contribution in [3.63, 3.8) is 0 Å². The first kappa shape index (κ1) is 19.7. The highest BCUT2D eigenvalue weighted by Crippen LogP contribution is 2.20. The van der Waals surface area contributed by atoms with E-state index in [0.717, 1.165) is 43.8 Å². The normalized spacial score (nSPS) is 21.8. The summed E-state index contributed by atoms with van der Waals surface area (Å²) in [7, 11) is 0. The number of amides is 2. The molecule has 148 valence electrons. The lowest BCUT2D eigenvalue weighted by molar-refractivity contribution is -0.140. The summed E-state index contributed by atoms with van der Waals surface area (Å²) in [5.74, 6) is 1.60. The maximum absolute atomic E-state index is 12.7. The monoisotopic (exact) mass is 373 g/mol. The van der Waals surface area contributed by atoms with Gasteiger partial charge < -0.3 is 15.0 Å². The fourth-order valence-electron chi connectivity index (χ4n) is 3.82. The third kappa shape index (κ3) is 5.22. The molecular formula is C21H31N3O3. The Kier molecular flexibility index (Phi) is 6.72. The third-order valence-electron chi connectivity index (χ3n) is 5.57. The minimum atomic E-state index is -0.392. The fourth-order valence-corrected chi connectivity index (χ4v) is 3.82. The average Bonchev–Trinajstić information content (AvgIpc) is 2.67. The van der Waals surface area contributed by atoms with Crippen LogP contribution in [-0.4, -0.2) is 60.4 Å². The summed E-state index contributed by atoms with van der Waals surface area (Å²) in [5, 5.41) is 2.92. The van der Waals surface area contributed by atoms with Gasteiger partial charge >= 0.3 is 0 Å². The van der Waals surface area contributed by atoms with E-state index < -0.39 is 6.04 Å². The van der Waals surface area contributed by atoms with Crippen molar-refractivity contribution in [1.82, 2.24) is 15.1 Å². The van der Waals surface area contributed by atoms with Gasteiger partial charge in [-0.15, -0.1) is 0 Å². The summed E-state index contributed by atoms with van der Waals surface area (Å²) in [5.41, 5.74) is 1.12. The van der Waals surface area contributed by atoms with Crippen LogP contribution in [0.3, 0.4) is 0 Å². The van der Waals surface area contributed by atoms with Crippen LogP contribution in [0.25, 0.3) is 0 Å². The molecule has 0 spiro atoms. The zero-order chi connectivity index (χ0) is 19.2. The van der Waals surface area contributed by atoms with Crippen LogP contribution >= 0.6 is 0 Å². The van der Waals surface area contributed by atoms with E-state index in [4.69, 9.17) is 4.74 Å². The Labute approximate surface area is 161 Å². The molecule has 0 radical (unpaired) electrons. The van der Waals surface area contributed by atoms with Crippen LogP contribution in [0.5, 0.6) is 5.75 Å². The molecule has 0 saturated carbocycles.